The van der Waals surface area contributed by atoms with E-state index < -0.39 is 6.10 Å². The summed E-state index contributed by atoms with van der Waals surface area (Å²) < 4.78 is 19.4. The van der Waals surface area contributed by atoms with Crippen molar-refractivity contribution in [3.63, 3.8) is 0 Å². The summed E-state index contributed by atoms with van der Waals surface area (Å²) in [5, 5.41) is 13.2. The van der Waals surface area contributed by atoms with Crippen LogP contribution in [0.5, 0.6) is 0 Å². The Bertz CT molecular complexity index is 755. The molecular formula is C19H18FNO2. The second-order valence-electron chi connectivity index (χ2n) is 5.30. The number of hydrogen-bond acceptors (Lipinski definition) is 3. The number of benzene rings is 2. The van der Waals surface area contributed by atoms with Gasteiger partial charge in [-0.3, -0.25) is 0 Å². The van der Waals surface area contributed by atoms with Gasteiger partial charge in [-0.05, 0) is 29.8 Å². The van der Waals surface area contributed by atoms with E-state index in [-0.39, 0.29) is 5.82 Å². The van der Waals surface area contributed by atoms with Crippen molar-refractivity contribution in [3.05, 3.63) is 83.9 Å². The van der Waals surface area contributed by atoms with Crippen molar-refractivity contribution in [2.24, 2.45) is 0 Å². The Hall–Kier alpha value is -2.43. The molecule has 3 rings (SSSR count). The molecule has 0 saturated heterocycles. The number of halogens is 1. The third kappa shape index (κ3) is 3.86. The normalized spacial score (nSPS) is 12.3. The maximum atomic E-state index is 13.7. The highest BCUT2D eigenvalue weighted by molar-refractivity contribution is 5.58. The zero-order chi connectivity index (χ0) is 16.1. The molecule has 4 heteroatoms. The molecule has 0 aliphatic carbocycles. The van der Waals surface area contributed by atoms with Crippen molar-refractivity contribution in [2.75, 3.05) is 6.54 Å². The third-order valence-corrected chi connectivity index (χ3v) is 3.62. The molecular weight excluding hydrogens is 293 g/mol. The van der Waals surface area contributed by atoms with E-state index in [1.807, 2.05) is 36.4 Å². The van der Waals surface area contributed by atoms with Crippen LogP contribution in [0.1, 0.15) is 17.4 Å². The second-order valence-corrected chi connectivity index (χ2v) is 5.30. The average Bonchev–Trinajstić information content (AvgIpc) is 3.04. The summed E-state index contributed by atoms with van der Waals surface area (Å²) in [5.74, 6) is 0.896. The molecule has 2 N–H and O–H groups in total. The van der Waals surface area contributed by atoms with Crippen LogP contribution >= 0.6 is 0 Å². The zero-order valence-corrected chi connectivity index (χ0v) is 12.6. The summed E-state index contributed by atoms with van der Waals surface area (Å²) in [6.45, 7) is 0.887. The third-order valence-electron chi connectivity index (χ3n) is 3.62. The van der Waals surface area contributed by atoms with Crippen molar-refractivity contribution in [2.45, 2.75) is 12.6 Å². The summed E-state index contributed by atoms with van der Waals surface area (Å²) in [5.41, 5.74) is 1.31. The first-order chi connectivity index (χ1) is 11.2. The van der Waals surface area contributed by atoms with E-state index in [0.29, 0.717) is 30.2 Å². The van der Waals surface area contributed by atoms with Crippen LogP contribution in [0.15, 0.2) is 71.1 Å². The van der Waals surface area contributed by atoms with Gasteiger partial charge in [0, 0.05) is 6.54 Å². The minimum Gasteiger partial charge on any atom is -0.460 e. The van der Waals surface area contributed by atoms with Crippen molar-refractivity contribution in [1.29, 1.82) is 0 Å². The molecule has 118 valence electrons. The molecule has 23 heavy (non-hydrogen) atoms. The molecule has 1 heterocycles. The van der Waals surface area contributed by atoms with Gasteiger partial charge in [-0.1, -0.05) is 42.5 Å². The summed E-state index contributed by atoms with van der Waals surface area (Å²) in [4.78, 5) is 0. The maximum absolute atomic E-state index is 13.7. The van der Waals surface area contributed by atoms with Gasteiger partial charge in [-0.25, -0.2) is 4.39 Å². The molecule has 0 bridgehead atoms. The molecule has 1 atom stereocenters. The number of furan rings is 1. The van der Waals surface area contributed by atoms with Crippen LogP contribution in [-0.2, 0) is 6.54 Å². The Morgan fingerprint density at radius 3 is 2.48 bits per heavy atom. The molecule has 2 aromatic carbocycles. The number of rotatable bonds is 6. The topological polar surface area (TPSA) is 45.4 Å². The van der Waals surface area contributed by atoms with Gasteiger partial charge in [-0.15, -0.1) is 0 Å². The van der Waals surface area contributed by atoms with Crippen LogP contribution in [0.3, 0.4) is 0 Å². The Morgan fingerprint density at radius 1 is 0.957 bits per heavy atom. The lowest BCUT2D eigenvalue weighted by molar-refractivity contribution is 0.173. The van der Waals surface area contributed by atoms with Gasteiger partial charge < -0.3 is 14.8 Å². The first-order valence-corrected chi connectivity index (χ1v) is 7.51. The average molecular weight is 311 g/mol. The number of aliphatic hydroxyl groups is 1. The summed E-state index contributed by atoms with van der Waals surface area (Å²) in [6, 6.07) is 19.5. The maximum Gasteiger partial charge on any atom is 0.137 e. The fourth-order valence-electron chi connectivity index (χ4n) is 2.40. The van der Waals surface area contributed by atoms with Gasteiger partial charge in [0.25, 0.3) is 0 Å². The lowest BCUT2D eigenvalue weighted by Gasteiger charge is -2.11. The van der Waals surface area contributed by atoms with Crippen molar-refractivity contribution in [3.8, 4) is 11.3 Å². The first kappa shape index (κ1) is 15.5. The lowest BCUT2D eigenvalue weighted by atomic mass is 10.1. The number of aliphatic hydroxyl groups excluding tert-OH is 1. The molecule has 0 aliphatic rings. The SMILES string of the molecule is O[C@@H](CNCc1ccc(-c2ccccc2F)o1)c1ccccc1. The molecule has 0 unspecified atom stereocenters. The van der Waals surface area contributed by atoms with Gasteiger partial charge in [0.2, 0.25) is 0 Å². The molecule has 0 fully saturated rings. The van der Waals surface area contributed by atoms with Gasteiger partial charge in [0.15, 0.2) is 0 Å². The zero-order valence-electron chi connectivity index (χ0n) is 12.6. The summed E-state index contributed by atoms with van der Waals surface area (Å²) in [7, 11) is 0. The van der Waals surface area contributed by atoms with Crippen molar-refractivity contribution >= 4 is 0 Å². The van der Waals surface area contributed by atoms with Crippen LogP contribution in [0.4, 0.5) is 4.39 Å². The fourth-order valence-corrected chi connectivity index (χ4v) is 2.40. The molecule has 0 aliphatic heterocycles. The Morgan fingerprint density at radius 2 is 1.70 bits per heavy atom. The van der Waals surface area contributed by atoms with E-state index in [2.05, 4.69) is 5.32 Å². The Labute approximate surface area is 134 Å². The van der Waals surface area contributed by atoms with Crippen LogP contribution in [-0.4, -0.2) is 11.7 Å². The van der Waals surface area contributed by atoms with Crippen molar-refractivity contribution in [1.82, 2.24) is 5.32 Å². The van der Waals surface area contributed by atoms with E-state index >= 15 is 0 Å². The monoisotopic (exact) mass is 311 g/mol. The minimum absolute atomic E-state index is 0.305. The van der Waals surface area contributed by atoms with E-state index in [0.717, 1.165) is 5.56 Å². The molecule has 0 saturated carbocycles. The highest BCUT2D eigenvalue weighted by Gasteiger charge is 2.10. The van der Waals surface area contributed by atoms with Gasteiger partial charge in [0.05, 0.1) is 18.2 Å². The smallest absolute Gasteiger partial charge is 0.137 e. The summed E-state index contributed by atoms with van der Waals surface area (Å²) >= 11 is 0. The second kappa shape index (κ2) is 7.22. The highest BCUT2D eigenvalue weighted by Crippen LogP contribution is 2.24. The Balaban J connectivity index is 1.57. The molecule has 0 radical (unpaired) electrons. The number of nitrogens with one attached hydrogen (secondary N) is 1. The van der Waals surface area contributed by atoms with Crippen LogP contribution in [0.25, 0.3) is 11.3 Å². The molecule has 0 spiro atoms. The lowest BCUT2D eigenvalue weighted by Crippen LogP contribution is -2.20. The number of hydrogen-bond donors (Lipinski definition) is 2. The van der Waals surface area contributed by atoms with E-state index in [9.17, 15) is 9.50 Å². The van der Waals surface area contributed by atoms with Crippen molar-refractivity contribution < 1.29 is 13.9 Å². The van der Waals surface area contributed by atoms with Gasteiger partial charge >= 0.3 is 0 Å². The van der Waals surface area contributed by atoms with Crippen LogP contribution in [0.2, 0.25) is 0 Å². The van der Waals surface area contributed by atoms with Crippen LogP contribution in [0, 0.1) is 5.82 Å². The fraction of sp³-hybridized carbons (Fsp3) is 0.158. The summed E-state index contributed by atoms with van der Waals surface area (Å²) in [6.07, 6.45) is -0.572. The largest absolute Gasteiger partial charge is 0.460 e. The molecule has 3 nitrogen and oxygen atoms in total. The molecule has 1 aromatic heterocycles. The molecule has 3 aromatic rings. The predicted molar refractivity (Wildman–Crippen MR) is 87.2 cm³/mol. The van der Waals surface area contributed by atoms with E-state index in [4.69, 9.17) is 4.42 Å². The van der Waals surface area contributed by atoms with E-state index in [1.54, 1.807) is 24.3 Å². The highest BCUT2D eigenvalue weighted by atomic mass is 19.1. The van der Waals surface area contributed by atoms with Gasteiger partial charge in [-0.2, -0.15) is 0 Å². The minimum atomic E-state index is -0.572. The van der Waals surface area contributed by atoms with Crippen LogP contribution < -0.4 is 5.32 Å². The standard InChI is InChI=1S/C19H18FNO2/c20-17-9-5-4-8-16(17)19-11-10-15(23-19)12-21-13-18(22)14-6-2-1-3-7-14/h1-11,18,21-22H,12-13H2/t18-/m0/s1. The molecule has 0 amide bonds. The first-order valence-electron chi connectivity index (χ1n) is 7.51. The van der Waals surface area contributed by atoms with Gasteiger partial charge in [0.1, 0.15) is 17.3 Å². The Kier molecular flexibility index (Phi) is 4.86. The quantitative estimate of drug-likeness (QED) is 0.725. The van der Waals surface area contributed by atoms with E-state index in [1.165, 1.54) is 6.07 Å². The predicted octanol–water partition coefficient (Wildman–Crippen LogP) is 3.91.